The second-order valence-electron chi connectivity index (χ2n) is 5.53. The lowest BCUT2D eigenvalue weighted by Gasteiger charge is -2.42. The summed E-state index contributed by atoms with van der Waals surface area (Å²) in [5.41, 5.74) is -0.404. The van der Waals surface area contributed by atoms with Crippen LogP contribution >= 0.6 is 25.3 Å². The van der Waals surface area contributed by atoms with E-state index in [2.05, 4.69) is 39.1 Å². The molecule has 1 rings (SSSR count). The van der Waals surface area contributed by atoms with Crippen LogP contribution in [0.2, 0.25) is 0 Å². The molecule has 0 aliphatic heterocycles. The fourth-order valence-electron chi connectivity index (χ4n) is 3.24. The molecule has 21 heavy (non-hydrogen) atoms. The van der Waals surface area contributed by atoms with Crippen molar-refractivity contribution in [3.05, 3.63) is 0 Å². The van der Waals surface area contributed by atoms with Gasteiger partial charge in [-0.05, 0) is 44.4 Å². The highest BCUT2D eigenvalue weighted by atomic mass is 32.1. The molecule has 0 aromatic heterocycles. The first kappa shape index (κ1) is 18.7. The van der Waals surface area contributed by atoms with Gasteiger partial charge in [-0.25, -0.2) is 0 Å². The van der Waals surface area contributed by atoms with Gasteiger partial charge >= 0.3 is 11.9 Å². The van der Waals surface area contributed by atoms with Crippen molar-refractivity contribution in [3.63, 3.8) is 0 Å². The standard InChI is InChI=1S/C15H26O4S2/c1-3-15(4-2,19-14(17)10-21)11-5-7-12(8-6-11)18-13(16)9-20/h11-12,20-21H,3-10H2,1-2H3. The van der Waals surface area contributed by atoms with E-state index in [0.29, 0.717) is 5.92 Å². The maximum Gasteiger partial charge on any atom is 0.316 e. The topological polar surface area (TPSA) is 52.6 Å². The second-order valence-corrected chi connectivity index (χ2v) is 6.16. The summed E-state index contributed by atoms with van der Waals surface area (Å²) < 4.78 is 11.1. The molecular weight excluding hydrogens is 308 g/mol. The van der Waals surface area contributed by atoms with Gasteiger partial charge in [-0.15, -0.1) is 0 Å². The van der Waals surface area contributed by atoms with Crippen molar-refractivity contribution >= 4 is 37.2 Å². The van der Waals surface area contributed by atoms with E-state index in [1.54, 1.807) is 0 Å². The molecule has 0 N–H and O–H groups in total. The highest BCUT2D eigenvalue weighted by molar-refractivity contribution is 7.81. The molecule has 0 spiro atoms. The lowest BCUT2D eigenvalue weighted by Crippen LogP contribution is -2.44. The van der Waals surface area contributed by atoms with Gasteiger partial charge in [0.25, 0.3) is 0 Å². The molecule has 1 aliphatic carbocycles. The summed E-state index contributed by atoms with van der Waals surface area (Å²) in [7, 11) is 0. The van der Waals surface area contributed by atoms with Crippen LogP contribution in [0.3, 0.4) is 0 Å². The third-order valence-corrected chi connectivity index (χ3v) is 5.00. The minimum absolute atomic E-state index is 0.0205. The van der Waals surface area contributed by atoms with Crippen molar-refractivity contribution in [1.29, 1.82) is 0 Å². The van der Waals surface area contributed by atoms with E-state index in [1.165, 1.54) is 0 Å². The number of thiol groups is 2. The predicted octanol–water partition coefficient (Wildman–Crippen LogP) is 3.05. The van der Waals surface area contributed by atoms with Crippen LogP contribution in [0.25, 0.3) is 0 Å². The highest BCUT2D eigenvalue weighted by Crippen LogP contribution is 2.40. The van der Waals surface area contributed by atoms with E-state index < -0.39 is 5.60 Å². The number of rotatable bonds is 7. The van der Waals surface area contributed by atoms with Crippen molar-refractivity contribution in [1.82, 2.24) is 0 Å². The fraction of sp³-hybridized carbons (Fsp3) is 0.867. The third kappa shape index (κ3) is 5.09. The summed E-state index contributed by atoms with van der Waals surface area (Å²) in [6, 6.07) is 0. The van der Waals surface area contributed by atoms with Gasteiger partial charge in [0.2, 0.25) is 0 Å². The van der Waals surface area contributed by atoms with Gasteiger partial charge in [-0.2, -0.15) is 25.3 Å². The largest absolute Gasteiger partial charge is 0.462 e. The highest BCUT2D eigenvalue weighted by Gasteiger charge is 2.41. The average molecular weight is 335 g/mol. The van der Waals surface area contributed by atoms with Crippen LogP contribution in [0, 0.1) is 5.92 Å². The van der Waals surface area contributed by atoms with Gasteiger partial charge in [0, 0.05) is 0 Å². The smallest absolute Gasteiger partial charge is 0.316 e. The molecule has 0 heterocycles. The summed E-state index contributed by atoms with van der Waals surface area (Å²) in [5, 5.41) is 0. The molecule has 0 aromatic rings. The Bertz CT molecular complexity index is 348. The average Bonchev–Trinajstić information content (AvgIpc) is 2.53. The van der Waals surface area contributed by atoms with Gasteiger partial charge in [-0.3, -0.25) is 9.59 Å². The van der Waals surface area contributed by atoms with Crippen LogP contribution in [0.1, 0.15) is 52.4 Å². The van der Waals surface area contributed by atoms with Crippen molar-refractivity contribution in [2.75, 3.05) is 11.5 Å². The Hall–Kier alpha value is -0.360. The monoisotopic (exact) mass is 334 g/mol. The molecule has 4 nitrogen and oxygen atoms in total. The maximum atomic E-state index is 11.7. The first-order valence-corrected chi connectivity index (χ1v) is 8.90. The van der Waals surface area contributed by atoms with Crippen LogP contribution in [0.4, 0.5) is 0 Å². The zero-order chi connectivity index (χ0) is 15.9. The second kappa shape index (κ2) is 8.93. The number of ether oxygens (including phenoxy) is 2. The Balaban J connectivity index is 2.63. The SMILES string of the molecule is CCC(CC)(OC(=O)CS)C1CCC(OC(=O)CS)CC1. The van der Waals surface area contributed by atoms with Crippen LogP contribution in [-0.4, -0.2) is 35.1 Å². The Morgan fingerprint density at radius 3 is 1.95 bits per heavy atom. The summed E-state index contributed by atoms with van der Waals surface area (Å²) >= 11 is 7.91. The molecule has 0 aromatic carbocycles. The Morgan fingerprint density at radius 1 is 1.00 bits per heavy atom. The minimum Gasteiger partial charge on any atom is -0.462 e. The summed E-state index contributed by atoms with van der Waals surface area (Å²) in [6.07, 6.45) is 5.05. The van der Waals surface area contributed by atoms with E-state index in [-0.39, 0.29) is 29.5 Å². The Labute approximate surface area is 138 Å². The molecule has 0 bridgehead atoms. The first-order valence-electron chi connectivity index (χ1n) is 7.64. The zero-order valence-corrected chi connectivity index (χ0v) is 14.6. The van der Waals surface area contributed by atoms with E-state index >= 15 is 0 Å². The van der Waals surface area contributed by atoms with Crippen LogP contribution in [0.5, 0.6) is 0 Å². The Morgan fingerprint density at radius 2 is 1.52 bits per heavy atom. The molecule has 0 saturated heterocycles. The lowest BCUT2D eigenvalue weighted by atomic mass is 9.73. The fourth-order valence-corrected chi connectivity index (χ4v) is 3.38. The normalized spacial score (nSPS) is 22.7. The van der Waals surface area contributed by atoms with E-state index in [1.807, 2.05) is 0 Å². The molecular formula is C15H26O4S2. The van der Waals surface area contributed by atoms with Gasteiger partial charge in [0.05, 0.1) is 11.5 Å². The number of carbonyl (C=O) groups excluding carboxylic acids is 2. The van der Waals surface area contributed by atoms with E-state index in [9.17, 15) is 9.59 Å². The summed E-state index contributed by atoms with van der Waals surface area (Å²) in [4.78, 5) is 22.9. The molecule has 6 heteroatoms. The number of hydrogen-bond acceptors (Lipinski definition) is 6. The van der Waals surface area contributed by atoms with Crippen LogP contribution < -0.4 is 0 Å². The minimum atomic E-state index is -0.404. The number of hydrogen-bond donors (Lipinski definition) is 2. The van der Waals surface area contributed by atoms with Gasteiger partial charge in [0.1, 0.15) is 11.7 Å². The van der Waals surface area contributed by atoms with Crippen molar-refractivity contribution < 1.29 is 19.1 Å². The number of carbonyl (C=O) groups is 2. The van der Waals surface area contributed by atoms with Crippen LogP contribution in [-0.2, 0) is 19.1 Å². The summed E-state index contributed by atoms with van der Waals surface area (Å²) in [5.74, 6) is 0.0257. The van der Waals surface area contributed by atoms with Crippen LogP contribution in [0.15, 0.2) is 0 Å². The molecule has 1 aliphatic rings. The number of esters is 2. The Kier molecular flexibility index (Phi) is 7.95. The maximum absolute atomic E-state index is 11.7. The predicted molar refractivity (Wildman–Crippen MR) is 88.9 cm³/mol. The van der Waals surface area contributed by atoms with E-state index in [4.69, 9.17) is 9.47 Å². The van der Waals surface area contributed by atoms with Crippen molar-refractivity contribution in [2.45, 2.75) is 64.1 Å². The van der Waals surface area contributed by atoms with E-state index in [0.717, 1.165) is 38.5 Å². The molecule has 1 saturated carbocycles. The van der Waals surface area contributed by atoms with Gasteiger partial charge < -0.3 is 9.47 Å². The third-order valence-electron chi connectivity index (χ3n) is 4.49. The summed E-state index contributed by atoms with van der Waals surface area (Å²) in [6.45, 7) is 4.12. The molecule has 0 unspecified atom stereocenters. The van der Waals surface area contributed by atoms with Gasteiger partial charge in [0.15, 0.2) is 0 Å². The molecule has 122 valence electrons. The first-order chi connectivity index (χ1) is 10.0. The molecule has 0 atom stereocenters. The van der Waals surface area contributed by atoms with Crippen molar-refractivity contribution in [3.8, 4) is 0 Å². The lowest BCUT2D eigenvalue weighted by molar-refractivity contribution is -0.168. The molecule has 1 fully saturated rings. The van der Waals surface area contributed by atoms with Gasteiger partial charge in [-0.1, -0.05) is 13.8 Å². The van der Waals surface area contributed by atoms with Crippen molar-refractivity contribution in [2.24, 2.45) is 5.92 Å². The quantitative estimate of drug-likeness (QED) is 0.555. The molecule has 0 amide bonds. The molecule has 0 radical (unpaired) electrons. The zero-order valence-electron chi connectivity index (χ0n) is 12.8.